The number of rotatable bonds is 4. The Labute approximate surface area is 172 Å². The third-order valence-corrected chi connectivity index (χ3v) is 5.60. The Bertz CT molecular complexity index is 1150. The molecule has 148 valence electrons. The van der Waals surface area contributed by atoms with Crippen molar-refractivity contribution in [3.63, 3.8) is 0 Å². The van der Waals surface area contributed by atoms with Crippen molar-refractivity contribution >= 4 is 34.3 Å². The Morgan fingerprint density at radius 2 is 1.79 bits per heavy atom. The molecule has 0 spiro atoms. The number of ether oxygens (including phenoxy) is 1. The summed E-state index contributed by atoms with van der Waals surface area (Å²) in [6.07, 6.45) is 0. The highest BCUT2D eigenvalue weighted by Crippen LogP contribution is 2.33. The smallest absolute Gasteiger partial charge is 0.325 e. The van der Waals surface area contributed by atoms with E-state index in [2.05, 4.69) is 5.32 Å². The van der Waals surface area contributed by atoms with Crippen LogP contribution in [0.1, 0.15) is 18.1 Å². The van der Waals surface area contributed by atoms with Crippen LogP contribution in [0.5, 0.6) is 5.75 Å². The zero-order valence-corrected chi connectivity index (χ0v) is 16.6. The lowest BCUT2D eigenvalue weighted by Crippen LogP contribution is -2.40. The molecule has 7 heteroatoms. The zero-order chi connectivity index (χ0) is 20.8. The number of carbonyl (C=O) groups is 2. The summed E-state index contributed by atoms with van der Waals surface area (Å²) in [5.41, 5.74) is -0.0508. The first-order chi connectivity index (χ1) is 13.8. The molecule has 0 bridgehead atoms. The van der Waals surface area contributed by atoms with Gasteiger partial charge in [-0.1, -0.05) is 35.9 Å². The first kappa shape index (κ1) is 19.2. The molecule has 29 heavy (non-hydrogen) atoms. The summed E-state index contributed by atoms with van der Waals surface area (Å²) in [5, 5.41) is 4.83. The summed E-state index contributed by atoms with van der Waals surface area (Å²) in [4.78, 5) is 26.8. The molecular weight excluding hydrogens is 395 g/mol. The average molecular weight is 413 g/mol. The van der Waals surface area contributed by atoms with Gasteiger partial charge in [0, 0.05) is 5.02 Å². The lowest BCUT2D eigenvalue weighted by molar-refractivity contribution is -0.131. The molecule has 3 amide bonds. The van der Waals surface area contributed by atoms with Gasteiger partial charge in [0.05, 0.1) is 13.7 Å². The third kappa shape index (κ3) is 3.29. The van der Waals surface area contributed by atoms with Crippen molar-refractivity contribution in [3.05, 3.63) is 76.6 Å². The summed E-state index contributed by atoms with van der Waals surface area (Å²) < 4.78 is 18.5. The van der Waals surface area contributed by atoms with Crippen molar-refractivity contribution in [2.24, 2.45) is 0 Å². The Morgan fingerprint density at radius 1 is 1.07 bits per heavy atom. The Morgan fingerprint density at radius 3 is 2.52 bits per heavy atom. The first-order valence-electron chi connectivity index (χ1n) is 8.98. The summed E-state index contributed by atoms with van der Waals surface area (Å²) in [7, 11) is 1.60. The quantitative estimate of drug-likeness (QED) is 0.637. The molecule has 0 aliphatic carbocycles. The van der Waals surface area contributed by atoms with Crippen molar-refractivity contribution in [2.45, 2.75) is 19.0 Å². The van der Waals surface area contributed by atoms with Gasteiger partial charge in [-0.2, -0.15) is 0 Å². The topological polar surface area (TPSA) is 58.6 Å². The van der Waals surface area contributed by atoms with Gasteiger partial charge in [-0.05, 0) is 59.2 Å². The zero-order valence-electron chi connectivity index (χ0n) is 15.8. The summed E-state index contributed by atoms with van der Waals surface area (Å²) in [6.45, 7) is 1.63. The molecule has 5 nitrogen and oxygen atoms in total. The SMILES string of the molecule is COc1ccc2cc([C@]3(C)NC(=O)N(Cc4ccc(F)cc4Cl)C3=O)ccc2c1. The number of carbonyl (C=O) groups excluding carboxylic acids is 2. The standard InChI is InChI=1S/C22H18ClFN2O3/c1-22(16-6-3-14-10-18(29-2)8-5-13(14)9-16)20(27)26(21(28)25-22)12-15-4-7-17(24)11-19(15)23/h3-11H,12H2,1-2H3,(H,25,28)/t22-/m0/s1. The summed E-state index contributed by atoms with van der Waals surface area (Å²) in [6, 6.07) is 14.6. The highest BCUT2D eigenvalue weighted by Gasteiger charge is 2.49. The minimum absolute atomic E-state index is 0.0375. The highest BCUT2D eigenvalue weighted by atomic mass is 35.5. The van der Waals surface area contributed by atoms with Gasteiger partial charge in [0.2, 0.25) is 0 Å². The Hall–Kier alpha value is -3.12. The fraction of sp³-hybridized carbons (Fsp3) is 0.182. The number of nitrogens with one attached hydrogen (secondary N) is 1. The second-order valence-electron chi connectivity index (χ2n) is 7.11. The van der Waals surface area contributed by atoms with Gasteiger partial charge in [0.25, 0.3) is 5.91 Å². The molecule has 4 rings (SSSR count). The molecule has 0 unspecified atom stereocenters. The number of benzene rings is 3. The van der Waals surface area contributed by atoms with Crippen LogP contribution in [0.2, 0.25) is 5.02 Å². The molecule has 0 saturated carbocycles. The van der Waals surface area contributed by atoms with Crippen LogP contribution in [-0.2, 0) is 16.9 Å². The lowest BCUT2D eigenvalue weighted by atomic mass is 9.90. The number of methoxy groups -OCH3 is 1. The maximum Gasteiger partial charge on any atom is 0.325 e. The van der Waals surface area contributed by atoms with Crippen LogP contribution in [0.15, 0.2) is 54.6 Å². The normalized spacial score (nSPS) is 19.0. The van der Waals surface area contributed by atoms with Crippen molar-refractivity contribution in [1.82, 2.24) is 10.2 Å². The average Bonchev–Trinajstić information content (AvgIpc) is 2.93. The van der Waals surface area contributed by atoms with Crippen LogP contribution in [-0.4, -0.2) is 23.9 Å². The van der Waals surface area contributed by atoms with E-state index in [-0.39, 0.29) is 11.6 Å². The van der Waals surface area contributed by atoms with Gasteiger partial charge in [-0.3, -0.25) is 9.69 Å². The lowest BCUT2D eigenvalue weighted by Gasteiger charge is -2.23. The molecular formula is C22H18ClFN2O3. The predicted molar refractivity (Wildman–Crippen MR) is 108 cm³/mol. The van der Waals surface area contributed by atoms with E-state index < -0.39 is 23.3 Å². The predicted octanol–water partition coefficient (Wildman–Crippen LogP) is 4.61. The third-order valence-electron chi connectivity index (χ3n) is 5.24. The molecule has 1 aliphatic heterocycles. The van der Waals surface area contributed by atoms with E-state index >= 15 is 0 Å². The van der Waals surface area contributed by atoms with Crippen LogP contribution in [0, 0.1) is 5.82 Å². The van der Waals surface area contributed by atoms with Crippen LogP contribution in [0.4, 0.5) is 9.18 Å². The number of fused-ring (bicyclic) bond motifs is 1. The molecule has 0 radical (unpaired) electrons. The second-order valence-corrected chi connectivity index (χ2v) is 7.52. The van der Waals surface area contributed by atoms with Crippen molar-refractivity contribution in [2.75, 3.05) is 7.11 Å². The summed E-state index contributed by atoms with van der Waals surface area (Å²) >= 11 is 6.06. The van der Waals surface area contributed by atoms with Crippen LogP contribution < -0.4 is 10.1 Å². The van der Waals surface area contributed by atoms with E-state index in [0.29, 0.717) is 11.1 Å². The van der Waals surface area contributed by atoms with E-state index in [4.69, 9.17) is 16.3 Å². The number of hydrogen-bond donors (Lipinski definition) is 1. The maximum atomic E-state index is 13.3. The molecule has 3 aromatic carbocycles. The van der Waals surface area contributed by atoms with Gasteiger partial charge in [0.1, 0.15) is 17.1 Å². The van der Waals surface area contributed by atoms with Gasteiger partial charge < -0.3 is 10.1 Å². The Balaban J connectivity index is 1.66. The minimum atomic E-state index is -1.21. The van der Waals surface area contributed by atoms with Gasteiger partial charge in [-0.25, -0.2) is 9.18 Å². The van der Waals surface area contributed by atoms with Gasteiger partial charge in [0.15, 0.2) is 0 Å². The van der Waals surface area contributed by atoms with Crippen LogP contribution in [0.25, 0.3) is 10.8 Å². The largest absolute Gasteiger partial charge is 0.497 e. The molecule has 1 aliphatic rings. The van der Waals surface area contributed by atoms with E-state index in [9.17, 15) is 14.0 Å². The number of urea groups is 1. The minimum Gasteiger partial charge on any atom is -0.497 e. The number of hydrogen-bond acceptors (Lipinski definition) is 3. The van der Waals surface area contributed by atoms with Crippen molar-refractivity contribution in [3.8, 4) is 5.75 Å². The second kappa shape index (κ2) is 7.04. The van der Waals surface area contributed by atoms with E-state index in [1.807, 2.05) is 36.4 Å². The summed E-state index contributed by atoms with van der Waals surface area (Å²) in [5.74, 6) is -0.131. The van der Waals surface area contributed by atoms with E-state index in [0.717, 1.165) is 27.5 Å². The van der Waals surface area contributed by atoms with E-state index in [1.54, 1.807) is 14.0 Å². The molecule has 1 atom stereocenters. The monoisotopic (exact) mass is 412 g/mol. The number of imide groups is 1. The van der Waals surface area contributed by atoms with Gasteiger partial charge >= 0.3 is 6.03 Å². The van der Waals surface area contributed by atoms with Gasteiger partial charge in [-0.15, -0.1) is 0 Å². The van der Waals surface area contributed by atoms with Crippen molar-refractivity contribution < 1.29 is 18.7 Å². The number of halogens is 2. The molecule has 3 aromatic rings. The molecule has 0 aromatic heterocycles. The molecule has 1 fully saturated rings. The number of amides is 3. The molecule has 1 N–H and O–H groups in total. The van der Waals surface area contributed by atoms with Crippen LogP contribution >= 0.6 is 11.6 Å². The molecule has 1 saturated heterocycles. The van der Waals surface area contributed by atoms with Crippen molar-refractivity contribution in [1.29, 1.82) is 0 Å². The first-order valence-corrected chi connectivity index (χ1v) is 9.36. The fourth-order valence-corrected chi connectivity index (χ4v) is 3.75. The van der Waals surface area contributed by atoms with E-state index in [1.165, 1.54) is 12.1 Å². The number of nitrogens with zero attached hydrogens (tertiary/aromatic N) is 1. The highest BCUT2D eigenvalue weighted by molar-refractivity contribution is 6.31. The molecule has 1 heterocycles. The maximum absolute atomic E-state index is 13.3. The Kier molecular flexibility index (Phi) is 4.67. The fourth-order valence-electron chi connectivity index (χ4n) is 3.52. The van der Waals surface area contributed by atoms with Crippen LogP contribution in [0.3, 0.4) is 0 Å².